The Morgan fingerprint density at radius 3 is 2.57 bits per heavy atom. The van der Waals surface area contributed by atoms with Gasteiger partial charge in [0.05, 0.1) is 12.8 Å². The number of methoxy groups -OCH3 is 1. The zero-order valence-corrected chi connectivity index (χ0v) is 13.1. The van der Waals surface area contributed by atoms with Crippen molar-refractivity contribution in [3.63, 3.8) is 0 Å². The number of amides is 1. The van der Waals surface area contributed by atoms with Crippen molar-refractivity contribution < 1.29 is 14.3 Å². The molecule has 2 aromatic heterocycles. The molecule has 2 rings (SSSR count). The molecule has 0 N–H and O–H groups in total. The highest BCUT2D eigenvalue weighted by atomic mass is 32.1. The minimum atomic E-state index is -0.420. The Morgan fingerprint density at radius 2 is 2.00 bits per heavy atom. The van der Waals surface area contributed by atoms with Crippen LogP contribution in [-0.2, 0) is 9.53 Å². The van der Waals surface area contributed by atoms with Crippen molar-refractivity contribution in [2.24, 2.45) is 0 Å². The van der Waals surface area contributed by atoms with Crippen LogP contribution in [0.1, 0.15) is 23.5 Å². The third-order valence-electron chi connectivity index (χ3n) is 3.13. The van der Waals surface area contributed by atoms with Gasteiger partial charge in [-0.25, -0.2) is 0 Å². The summed E-state index contributed by atoms with van der Waals surface area (Å²) in [6.45, 7) is 3.71. The first-order chi connectivity index (χ1) is 10.0. The Hall–Kier alpha value is -2.08. The average molecular weight is 306 g/mol. The van der Waals surface area contributed by atoms with Crippen LogP contribution in [-0.4, -0.2) is 41.0 Å². The fourth-order valence-corrected chi connectivity index (χ4v) is 2.83. The predicted octanol–water partition coefficient (Wildman–Crippen LogP) is 2.56. The first-order valence-corrected chi connectivity index (χ1v) is 7.51. The van der Waals surface area contributed by atoms with Crippen molar-refractivity contribution in [3.05, 3.63) is 40.8 Å². The van der Waals surface area contributed by atoms with Crippen LogP contribution < -0.4 is 0 Å². The van der Waals surface area contributed by atoms with Crippen LogP contribution in [0.2, 0.25) is 0 Å². The Balaban J connectivity index is 2.30. The van der Waals surface area contributed by atoms with Crippen molar-refractivity contribution >= 4 is 23.2 Å². The van der Waals surface area contributed by atoms with Crippen LogP contribution in [0, 0.1) is 0 Å². The lowest BCUT2D eigenvalue weighted by Crippen LogP contribution is -2.41. The molecule has 0 saturated heterocycles. The van der Waals surface area contributed by atoms with E-state index in [0.717, 1.165) is 5.69 Å². The maximum absolute atomic E-state index is 12.7. The van der Waals surface area contributed by atoms with Gasteiger partial charge in [0.25, 0.3) is 5.91 Å². The summed E-state index contributed by atoms with van der Waals surface area (Å²) < 4.78 is 6.56. The van der Waals surface area contributed by atoms with Crippen LogP contribution in [0.3, 0.4) is 0 Å². The number of carbonyl (C=O) groups is 2. The van der Waals surface area contributed by atoms with E-state index in [-0.39, 0.29) is 18.5 Å². The minimum absolute atomic E-state index is 0.0456. The van der Waals surface area contributed by atoms with Crippen LogP contribution in [0.5, 0.6) is 0 Å². The first kappa shape index (κ1) is 15.3. The zero-order valence-electron chi connectivity index (χ0n) is 12.3. The molecule has 2 heterocycles. The monoisotopic (exact) mass is 306 g/mol. The van der Waals surface area contributed by atoms with Gasteiger partial charge in [-0.15, -0.1) is 11.3 Å². The molecule has 0 aliphatic carbocycles. The second-order valence-corrected chi connectivity index (χ2v) is 5.74. The average Bonchev–Trinajstić information content (AvgIpc) is 3.12. The molecule has 0 aliphatic rings. The summed E-state index contributed by atoms with van der Waals surface area (Å²) in [5, 5.41) is 1.87. The highest BCUT2D eigenvalue weighted by molar-refractivity contribution is 7.12. The Kier molecular flexibility index (Phi) is 4.80. The minimum Gasteiger partial charge on any atom is -0.468 e. The molecule has 0 spiro atoms. The molecule has 1 amide bonds. The SMILES string of the molecule is COC(=O)CN(C(=O)c1sccc1-n1cccc1)C(C)C. The van der Waals surface area contributed by atoms with E-state index in [2.05, 4.69) is 4.74 Å². The van der Waals surface area contributed by atoms with E-state index >= 15 is 0 Å². The third-order valence-corrected chi connectivity index (χ3v) is 4.02. The molecular weight excluding hydrogens is 288 g/mol. The summed E-state index contributed by atoms with van der Waals surface area (Å²) in [7, 11) is 1.32. The second-order valence-electron chi connectivity index (χ2n) is 4.83. The molecule has 0 aliphatic heterocycles. The molecule has 0 unspecified atom stereocenters. The zero-order chi connectivity index (χ0) is 15.4. The van der Waals surface area contributed by atoms with Gasteiger partial charge in [0, 0.05) is 18.4 Å². The molecular formula is C15H18N2O3S. The van der Waals surface area contributed by atoms with E-state index in [1.807, 2.05) is 54.4 Å². The van der Waals surface area contributed by atoms with Gasteiger partial charge in [-0.05, 0) is 37.4 Å². The molecule has 0 aromatic carbocycles. The predicted molar refractivity (Wildman–Crippen MR) is 81.8 cm³/mol. The summed E-state index contributed by atoms with van der Waals surface area (Å²) in [4.78, 5) is 26.4. The first-order valence-electron chi connectivity index (χ1n) is 6.63. The van der Waals surface area contributed by atoms with Gasteiger partial charge in [-0.1, -0.05) is 0 Å². The maximum atomic E-state index is 12.7. The van der Waals surface area contributed by atoms with Gasteiger partial charge in [0.15, 0.2) is 0 Å². The maximum Gasteiger partial charge on any atom is 0.325 e. The largest absolute Gasteiger partial charge is 0.468 e. The lowest BCUT2D eigenvalue weighted by molar-refractivity contribution is -0.141. The number of rotatable bonds is 5. The van der Waals surface area contributed by atoms with Crippen LogP contribution in [0.15, 0.2) is 36.0 Å². The number of nitrogens with zero attached hydrogens (tertiary/aromatic N) is 2. The van der Waals surface area contributed by atoms with Crippen molar-refractivity contribution in [1.82, 2.24) is 9.47 Å². The van der Waals surface area contributed by atoms with Crippen LogP contribution >= 0.6 is 11.3 Å². The van der Waals surface area contributed by atoms with Crippen molar-refractivity contribution in [3.8, 4) is 5.69 Å². The quantitative estimate of drug-likeness (QED) is 0.798. The lowest BCUT2D eigenvalue weighted by atomic mass is 10.2. The van der Waals surface area contributed by atoms with Crippen LogP contribution in [0.4, 0.5) is 0 Å². The van der Waals surface area contributed by atoms with Gasteiger partial charge >= 0.3 is 5.97 Å². The Labute approximate surface area is 127 Å². The molecule has 2 aromatic rings. The van der Waals surface area contributed by atoms with Gasteiger partial charge < -0.3 is 14.2 Å². The molecule has 5 nitrogen and oxygen atoms in total. The summed E-state index contributed by atoms with van der Waals surface area (Å²) in [5.41, 5.74) is 0.825. The number of thiophene rings is 1. The Morgan fingerprint density at radius 1 is 1.33 bits per heavy atom. The molecule has 0 bridgehead atoms. The molecule has 0 atom stereocenters. The molecule has 112 valence electrons. The summed E-state index contributed by atoms with van der Waals surface area (Å²) in [5.74, 6) is -0.578. The number of esters is 1. The van der Waals surface area contributed by atoms with Crippen molar-refractivity contribution in [1.29, 1.82) is 0 Å². The summed E-state index contributed by atoms with van der Waals surface area (Å²) in [6, 6.07) is 5.62. The normalized spacial score (nSPS) is 10.7. The Bertz CT molecular complexity index is 617. The number of aromatic nitrogens is 1. The van der Waals surface area contributed by atoms with E-state index in [9.17, 15) is 9.59 Å². The number of carbonyl (C=O) groups excluding carboxylic acids is 2. The topological polar surface area (TPSA) is 51.5 Å². The molecule has 0 radical (unpaired) electrons. The molecule has 6 heteroatoms. The fraction of sp³-hybridized carbons (Fsp3) is 0.333. The van der Waals surface area contributed by atoms with Crippen molar-refractivity contribution in [2.75, 3.05) is 13.7 Å². The molecule has 0 fully saturated rings. The lowest BCUT2D eigenvalue weighted by Gasteiger charge is -2.25. The van der Waals surface area contributed by atoms with Gasteiger partial charge in [-0.2, -0.15) is 0 Å². The van der Waals surface area contributed by atoms with E-state index < -0.39 is 5.97 Å². The number of hydrogen-bond donors (Lipinski definition) is 0. The van der Waals surface area contributed by atoms with Gasteiger partial charge in [0.2, 0.25) is 0 Å². The van der Waals surface area contributed by atoms with Crippen molar-refractivity contribution in [2.45, 2.75) is 19.9 Å². The molecule has 0 saturated carbocycles. The smallest absolute Gasteiger partial charge is 0.325 e. The third kappa shape index (κ3) is 3.33. The highest BCUT2D eigenvalue weighted by Gasteiger charge is 2.25. The fourth-order valence-electron chi connectivity index (χ4n) is 1.98. The van der Waals surface area contributed by atoms with E-state index in [0.29, 0.717) is 4.88 Å². The summed E-state index contributed by atoms with van der Waals surface area (Å²) in [6.07, 6.45) is 3.78. The van der Waals surface area contributed by atoms with Gasteiger partial charge in [0.1, 0.15) is 11.4 Å². The number of hydrogen-bond acceptors (Lipinski definition) is 4. The standard InChI is InChI=1S/C15H18N2O3S/c1-11(2)17(10-13(18)20-3)15(19)14-12(6-9-21-14)16-7-4-5-8-16/h4-9,11H,10H2,1-3H3. The molecule has 21 heavy (non-hydrogen) atoms. The van der Waals surface area contributed by atoms with E-state index in [4.69, 9.17) is 0 Å². The van der Waals surface area contributed by atoms with Crippen LogP contribution in [0.25, 0.3) is 5.69 Å². The second kappa shape index (κ2) is 6.58. The highest BCUT2D eigenvalue weighted by Crippen LogP contribution is 2.24. The summed E-state index contributed by atoms with van der Waals surface area (Å²) >= 11 is 1.37. The van der Waals surface area contributed by atoms with E-state index in [1.54, 1.807) is 0 Å². The van der Waals surface area contributed by atoms with E-state index in [1.165, 1.54) is 23.3 Å². The number of ether oxygens (including phenoxy) is 1. The van der Waals surface area contributed by atoms with Gasteiger partial charge in [-0.3, -0.25) is 9.59 Å².